The first-order valence-electron chi connectivity index (χ1n) is 7.62. The van der Waals surface area contributed by atoms with Gasteiger partial charge in [-0.2, -0.15) is 0 Å². The van der Waals surface area contributed by atoms with Gasteiger partial charge in [-0.15, -0.1) is 0 Å². The average Bonchev–Trinajstić information content (AvgIpc) is 2.66. The van der Waals surface area contributed by atoms with Gasteiger partial charge < -0.3 is 19.5 Å². The number of nitrogens with one attached hydrogen (secondary N) is 1. The Bertz CT molecular complexity index is 744. The highest BCUT2D eigenvalue weighted by Crippen LogP contribution is 2.28. The number of aryl methyl sites for hydroxylation is 1. The van der Waals surface area contributed by atoms with E-state index >= 15 is 0 Å². The highest BCUT2D eigenvalue weighted by atomic mass is 16.5. The van der Waals surface area contributed by atoms with Gasteiger partial charge in [0.15, 0.2) is 11.5 Å². The van der Waals surface area contributed by atoms with Crippen molar-refractivity contribution in [1.82, 2.24) is 4.98 Å². The summed E-state index contributed by atoms with van der Waals surface area (Å²) in [6, 6.07) is 8.63. The van der Waals surface area contributed by atoms with Crippen LogP contribution in [0.2, 0.25) is 0 Å². The lowest BCUT2D eigenvalue weighted by molar-refractivity contribution is -0.116. The molecule has 0 aliphatic heterocycles. The molecule has 1 aromatic carbocycles. The lowest BCUT2D eigenvalue weighted by atomic mass is 10.1. The van der Waals surface area contributed by atoms with E-state index in [0.29, 0.717) is 29.3 Å². The summed E-state index contributed by atoms with van der Waals surface area (Å²) < 4.78 is 15.0. The normalized spacial score (nSPS) is 10.0. The van der Waals surface area contributed by atoms with Crippen LogP contribution in [0, 0.1) is 0 Å². The van der Waals surface area contributed by atoms with E-state index in [-0.39, 0.29) is 12.3 Å². The van der Waals surface area contributed by atoms with Crippen LogP contribution in [-0.2, 0) is 16.0 Å². The van der Waals surface area contributed by atoms with Crippen LogP contribution in [-0.4, -0.2) is 38.2 Å². The fourth-order valence-electron chi connectivity index (χ4n) is 2.21. The zero-order valence-corrected chi connectivity index (χ0v) is 14.4. The number of pyridine rings is 1. The number of esters is 1. The van der Waals surface area contributed by atoms with Crippen molar-refractivity contribution < 1.29 is 23.8 Å². The first-order valence-corrected chi connectivity index (χ1v) is 7.62. The molecule has 1 heterocycles. The van der Waals surface area contributed by atoms with Crippen molar-refractivity contribution in [2.75, 3.05) is 26.6 Å². The summed E-state index contributed by atoms with van der Waals surface area (Å²) in [6.07, 6.45) is 2.19. The molecule has 0 saturated carbocycles. The Hall–Kier alpha value is -3.09. The van der Waals surface area contributed by atoms with Gasteiger partial charge in [-0.3, -0.25) is 4.79 Å². The minimum absolute atomic E-state index is 0.173. The number of anilines is 1. The molecule has 0 aliphatic rings. The molecule has 132 valence electrons. The van der Waals surface area contributed by atoms with Crippen LogP contribution in [0.15, 0.2) is 36.5 Å². The summed E-state index contributed by atoms with van der Waals surface area (Å²) in [7, 11) is 4.44. The van der Waals surface area contributed by atoms with E-state index in [1.54, 1.807) is 32.4 Å². The maximum absolute atomic E-state index is 12.0. The quantitative estimate of drug-likeness (QED) is 0.777. The van der Waals surface area contributed by atoms with Crippen molar-refractivity contribution in [3.8, 4) is 11.5 Å². The smallest absolute Gasteiger partial charge is 0.339 e. The van der Waals surface area contributed by atoms with E-state index in [4.69, 9.17) is 9.47 Å². The average molecular weight is 344 g/mol. The third-order valence-corrected chi connectivity index (χ3v) is 3.54. The summed E-state index contributed by atoms with van der Waals surface area (Å²) in [5.41, 5.74) is 1.28. The molecule has 0 atom stereocenters. The number of nitrogens with zero attached hydrogens (tertiary/aromatic N) is 1. The third-order valence-electron chi connectivity index (χ3n) is 3.54. The van der Waals surface area contributed by atoms with Crippen molar-refractivity contribution in [3.63, 3.8) is 0 Å². The highest BCUT2D eigenvalue weighted by molar-refractivity contribution is 5.91. The summed E-state index contributed by atoms with van der Waals surface area (Å²) in [5.74, 6) is 1.00. The second kappa shape index (κ2) is 8.68. The van der Waals surface area contributed by atoms with Crippen molar-refractivity contribution >= 4 is 17.7 Å². The van der Waals surface area contributed by atoms with Gasteiger partial charge in [0.2, 0.25) is 5.91 Å². The molecular weight excluding hydrogens is 324 g/mol. The van der Waals surface area contributed by atoms with Crippen LogP contribution in [0.3, 0.4) is 0 Å². The molecule has 2 aromatic rings. The van der Waals surface area contributed by atoms with Gasteiger partial charge in [-0.05, 0) is 36.2 Å². The molecule has 25 heavy (non-hydrogen) atoms. The lowest BCUT2D eigenvalue weighted by Crippen LogP contribution is -2.13. The van der Waals surface area contributed by atoms with Gasteiger partial charge in [0, 0.05) is 12.6 Å². The molecular formula is C18H20N2O5. The van der Waals surface area contributed by atoms with Crippen LogP contribution >= 0.6 is 0 Å². The zero-order valence-electron chi connectivity index (χ0n) is 14.4. The summed E-state index contributed by atoms with van der Waals surface area (Å²) >= 11 is 0. The maximum Gasteiger partial charge on any atom is 0.339 e. The van der Waals surface area contributed by atoms with E-state index in [0.717, 1.165) is 5.56 Å². The Morgan fingerprint density at radius 2 is 1.80 bits per heavy atom. The maximum atomic E-state index is 12.0. The van der Waals surface area contributed by atoms with Gasteiger partial charge in [-0.1, -0.05) is 6.07 Å². The molecule has 7 nitrogen and oxygen atoms in total. The fourth-order valence-corrected chi connectivity index (χ4v) is 2.21. The molecule has 0 fully saturated rings. The van der Waals surface area contributed by atoms with E-state index in [2.05, 4.69) is 15.0 Å². The summed E-state index contributed by atoms with van der Waals surface area (Å²) in [6.45, 7) is 0. The molecule has 0 saturated heterocycles. The number of ether oxygens (including phenoxy) is 3. The number of hydrogen-bond acceptors (Lipinski definition) is 6. The summed E-state index contributed by atoms with van der Waals surface area (Å²) in [4.78, 5) is 27.4. The van der Waals surface area contributed by atoms with Gasteiger partial charge in [0.1, 0.15) is 5.82 Å². The minimum Gasteiger partial charge on any atom is -0.493 e. The Kier molecular flexibility index (Phi) is 6.33. The largest absolute Gasteiger partial charge is 0.493 e. The van der Waals surface area contributed by atoms with Crippen LogP contribution in [0.5, 0.6) is 11.5 Å². The molecule has 0 unspecified atom stereocenters. The van der Waals surface area contributed by atoms with Crippen molar-refractivity contribution in [3.05, 3.63) is 47.7 Å². The molecule has 2 rings (SSSR count). The standard InChI is InChI=1S/C18H20N2O5/c1-23-14-7-4-12(10-15(14)24-2)5-9-17(21)20-16-8-6-13(11-19-16)18(22)25-3/h4,6-8,10-11H,5,9H2,1-3H3,(H,19,20,21). The Morgan fingerprint density at radius 3 is 2.40 bits per heavy atom. The Morgan fingerprint density at radius 1 is 1.04 bits per heavy atom. The topological polar surface area (TPSA) is 86.8 Å². The number of benzene rings is 1. The molecule has 1 aromatic heterocycles. The van der Waals surface area contributed by atoms with Crippen LogP contribution in [0.4, 0.5) is 5.82 Å². The molecule has 0 radical (unpaired) electrons. The van der Waals surface area contributed by atoms with Gasteiger partial charge in [0.05, 0.1) is 26.9 Å². The SMILES string of the molecule is COC(=O)c1ccc(NC(=O)CCc2ccc(OC)c(OC)c2)nc1. The minimum atomic E-state index is -0.473. The molecule has 0 aliphatic carbocycles. The predicted octanol–water partition coefficient (Wildman–Crippen LogP) is 2.46. The number of carbonyl (C=O) groups is 2. The number of hydrogen-bond donors (Lipinski definition) is 1. The van der Waals surface area contributed by atoms with Crippen LogP contribution < -0.4 is 14.8 Å². The Labute approximate surface area is 145 Å². The van der Waals surface area contributed by atoms with E-state index in [1.165, 1.54) is 13.3 Å². The first-order chi connectivity index (χ1) is 12.1. The molecule has 1 amide bonds. The number of methoxy groups -OCH3 is 3. The van der Waals surface area contributed by atoms with E-state index in [1.807, 2.05) is 12.1 Å². The first kappa shape index (κ1) is 18.3. The van der Waals surface area contributed by atoms with Crippen molar-refractivity contribution in [2.24, 2.45) is 0 Å². The molecule has 0 spiro atoms. The number of amides is 1. The molecule has 7 heteroatoms. The van der Waals surface area contributed by atoms with Crippen LogP contribution in [0.25, 0.3) is 0 Å². The molecule has 1 N–H and O–H groups in total. The van der Waals surface area contributed by atoms with Crippen molar-refractivity contribution in [2.45, 2.75) is 12.8 Å². The number of aromatic nitrogens is 1. The van der Waals surface area contributed by atoms with Gasteiger partial charge in [-0.25, -0.2) is 9.78 Å². The second-order valence-electron chi connectivity index (χ2n) is 5.16. The number of carbonyl (C=O) groups excluding carboxylic acids is 2. The van der Waals surface area contributed by atoms with E-state index < -0.39 is 5.97 Å². The zero-order chi connectivity index (χ0) is 18.2. The fraction of sp³-hybridized carbons (Fsp3) is 0.278. The lowest BCUT2D eigenvalue weighted by Gasteiger charge is -2.09. The predicted molar refractivity (Wildman–Crippen MR) is 92.1 cm³/mol. The molecule has 0 bridgehead atoms. The van der Waals surface area contributed by atoms with Gasteiger partial charge >= 0.3 is 5.97 Å². The summed E-state index contributed by atoms with van der Waals surface area (Å²) in [5, 5.41) is 2.69. The van der Waals surface area contributed by atoms with Crippen molar-refractivity contribution in [1.29, 1.82) is 0 Å². The number of rotatable bonds is 7. The van der Waals surface area contributed by atoms with Crippen LogP contribution in [0.1, 0.15) is 22.3 Å². The second-order valence-corrected chi connectivity index (χ2v) is 5.16. The monoisotopic (exact) mass is 344 g/mol. The highest BCUT2D eigenvalue weighted by Gasteiger charge is 2.09. The third kappa shape index (κ3) is 4.94. The Balaban J connectivity index is 1.91. The van der Waals surface area contributed by atoms with E-state index in [9.17, 15) is 9.59 Å². The van der Waals surface area contributed by atoms with Gasteiger partial charge in [0.25, 0.3) is 0 Å².